The number of rotatable bonds is 3. The quantitative estimate of drug-likeness (QED) is 0.327. The van der Waals surface area contributed by atoms with Crippen molar-refractivity contribution >= 4 is 32.4 Å². The third kappa shape index (κ3) is 2.68. The summed E-state index contributed by atoms with van der Waals surface area (Å²) in [6, 6.07) is 13.8. The number of nitrogen functional groups attached to an aromatic ring is 1. The van der Waals surface area contributed by atoms with Crippen molar-refractivity contribution in [3.05, 3.63) is 60.2 Å². The first-order valence-electron chi connectivity index (χ1n) is 6.93. The lowest BCUT2D eigenvalue weighted by Gasteiger charge is -2.10. The first-order chi connectivity index (χ1) is 11.4. The van der Waals surface area contributed by atoms with Crippen LogP contribution in [0, 0.1) is 5.41 Å². The van der Waals surface area contributed by atoms with Crippen LogP contribution in [-0.2, 0) is 9.84 Å². The van der Waals surface area contributed by atoms with Gasteiger partial charge in [-0.1, -0.05) is 18.2 Å². The Morgan fingerprint density at radius 2 is 1.79 bits per heavy atom. The van der Waals surface area contributed by atoms with Crippen LogP contribution >= 0.6 is 0 Å². The van der Waals surface area contributed by atoms with Gasteiger partial charge in [-0.25, -0.2) is 13.4 Å². The van der Waals surface area contributed by atoms with E-state index in [0.29, 0.717) is 16.5 Å². The van der Waals surface area contributed by atoms with Gasteiger partial charge in [-0.3, -0.25) is 16.1 Å². The van der Waals surface area contributed by atoms with E-state index in [0.717, 1.165) is 0 Å². The molecule has 0 aliphatic rings. The van der Waals surface area contributed by atoms with Gasteiger partial charge in [0.15, 0.2) is 0 Å². The molecule has 3 aromatic rings. The molecular weight excluding hydrogens is 328 g/mol. The maximum absolute atomic E-state index is 12.9. The Morgan fingerprint density at radius 3 is 2.46 bits per heavy atom. The molecule has 2 aromatic carbocycles. The van der Waals surface area contributed by atoms with E-state index < -0.39 is 9.84 Å². The van der Waals surface area contributed by atoms with Crippen LogP contribution in [0.3, 0.4) is 0 Å². The van der Waals surface area contributed by atoms with Crippen LogP contribution in [-0.4, -0.2) is 24.4 Å². The molecule has 1 aromatic heterocycles. The zero-order valence-corrected chi connectivity index (χ0v) is 13.2. The summed E-state index contributed by atoms with van der Waals surface area (Å²) in [6.45, 7) is 0. The molecule has 3 rings (SSSR count). The van der Waals surface area contributed by atoms with Crippen molar-refractivity contribution in [2.75, 3.05) is 5.73 Å². The molecule has 0 saturated heterocycles. The van der Waals surface area contributed by atoms with E-state index >= 15 is 0 Å². The zero-order valence-electron chi connectivity index (χ0n) is 12.4. The summed E-state index contributed by atoms with van der Waals surface area (Å²) < 4.78 is 25.9. The van der Waals surface area contributed by atoms with Gasteiger partial charge in [-0.2, -0.15) is 0 Å². The fourth-order valence-electron chi connectivity index (χ4n) is 2.38. The third-order valence-electron chi connectivity index (χ3n) is 3.55. The Bertz CT molecular complexity index is 1030. The number of hydroxylamine groups is 1. The second-order valence-electron chi connectivity index (χ2n) is 5.08. The van der Waals surface area contributed by atoms with Crippen molar-refractivity contribution in [3.8, 4) is 0 Å². The molecule has 0 spiro atoms. The van der Waals surface area contributed by atoms with Crippen molar-refractivity contribution in [2.45, 2.75) is 9.79 Å². The van der Waals surface area contributed by atoms with E-state index in [9.17, 15) is 8.42 Å². The molecule has 0 aliphatic carbocycles. The van der Waals surface area contributed by atoms with Gasteiger partial charge in [0.25, 0.3) is 0 Å². The molecule has 0 saturated carbocycles. The highest BCUT2D eigenvalue weighted by atomic mass is 32.2. The minimum absolute atomic E-state index is 0.0627. The predicted octanol–water partition coefficient (Wildman–Crippen LogP) is 1.95. The molecule has 0 atom stereocenters. The lowest BCUT2D eigenvalue weighted by molar-refractivity contribution is 0.234. The summed E-state index contributed by atoms with van der Waals surface area (Å²) in [5.74, 6) is -0.104. The number of aromatic nitrogens is 1. The monoisotopic (exact) mass is 342 g/mol. The van der Waals surface area contributed by atoms with E-state index in [-0.39, 0.29) is 21.4 Å². The standard InChI is InChI=1S/C16H14N4O3S/c17-15-9-14(12-3-1-2-4-13(12)19-15)24(22,23)11-7-5-10(6-8-11)16(18)20-21/h1-9,21H,(H2,17,19)(H2,18,20). The largest absolute Gasteiger partial charge is 0.384 e. The summed E-state index contributed by atoms with van der Waals surface area (Å²) in [6.07, 6.45) is 0. The first kappa shape index (κ1) is 15.9. The number of hydrogen-bond acceptors (Lipinski definition) is 6. The molecule has 0 amide bonds. The molecule has 5 N–H and O–H groups in total. The maximum atomic E-state index is 12.9. The van der Waals surface area contributed by atoms with E-state index in [4.69, 9.17) is 16.4 Å². The Morgan fingerprint density at radius 1 is 1.12 bits per heavy atom. The maximum Gasteiger partial charge on any atom is 0.207 e. The van der Waals surface area contributed by atoms with Crippen LogP contribution in [0.15, 0.2) is 64.4 Å². The molecule has 7 nitrogen and oxygen atoms in total. The molecule has 122 valence electrons. The summed E-state index contributed by atoms with van der Waals surface area (Å²) in [4.78, 5) is 4.28. The summed E-state index contributed by atoms with van der Waals surface area (Å²) in [5.41, 5.74) is 8.31. The molecular formula is C16H14N4O3S. The van der Waals surface area contributed by atoms with Crippen LogP contribution < -0.4 is 11.2 Å². The minimum atomic E-state index is -3.81. The van der Waals surface area contributed by atoms with Gasteiger partial charge in [-0.05, 0) is 36.4 Å². The van der Waals surface area contributed by atoms with Crippen LogP contribution in [0.5, 0.6) is 0 Å². The van der Waals surface area contributed by atoms with Gasteiger partial charge in [-0.15, -0.1) is 0 Å². The predicted molar refractivity (Wildman–Crippen MR) is 89.8 cm³/mol. The summed E-state index contributed by atoms with van der Waals surface area (Å²) in [7, 11) is -3.81. The van der Waals surface area contributed by atoms with Gasteiger partial charge < -0.3 is 5.73 Å². The minimum Gasteiger partial charge on any atom is -0.384 e. The normalized spacial score (nSPS) is 11.4. The number of sulfone groups is 1. The molecule has 8 heteroatoms. The van der Waals surface area contributed by atoms with Gasteiger partial charge in [0.2, 0.25) is 9.84 Å². The number of para-hydroxylation sites is 1. The smallest absolute Gasteiger partial charge is 0.207 e. The van der Waals surface area contributed by atoms with Gasteiger partial charge in [0.1, 0.15) is 11.7 Å². The number of nitrogens with zero attached hydrogens (tertiary/aromatic N) is 1. The van der Waals surface area contributed by atoms with E-state index in [1.165, 1.54) is 30.3 Å². The zero-order chi connectivity index (χ0) is 17.3. The molecule has 0 radical (unpaired) electrons. The summed E-state index contributed by atoms with van der Waals surface area (Å²) >= 11 is 0. The highest BCUT2D eigenvalue weighted by Gasteiger charge is 2.21. The van der Waals surface area contributed by atoms with Crippen LogP contribution in [0.1, 0.15) is 5.56 Å². The van der Waals surface area contributed by atoms with Crippen molar-refractivity contribution in [1.82, 2.24) is 10.5 Å². The SMILES string of the molecule is N=C(NO)c1ccc(S(=O)(=O)c2cc(N)nc3ccccc23)cc1. The third-order valence-corrected chi connectivity index (χ3v) is 5.36. The summed E-state index contributed by atoms with van der Waals surface area (Å²) in [5, 5.41) is 16.7. The number of fused-ring (bicyclic) bond motifs is 1. The lowest BCUT2D eigenvalue weighted by atomic mass is 10.2. The van der Waals surface area contributed by atoms with Crippen LogP contribution in [0.25, 0.3) is 10.9 Å². The van der Waals surface area contributed by atoms with Crippen molar-refractivity contribution in [1.29, 1.82) is 5.41 Å². The van der Waals surface area contributed by atoms with E-state index in [2.05, 4.69) is 4.98 Å². The van der Waals surface area contributed by atoms with Gasteiger partial charge in [0, 0.05) is 10.9 Å². The number of amidine groups is 1. The Labute approximate surface area is 138 Å². The highest BCUT2D eigenvalue weighted by molar-refractivity contribution is 7.91. The Hall–Kier alpha value is -2.97. The molecule has 0 bridgehead atoms. The van der Waals surface area contributed by atoms with Gasteiger partial charge >= 0.3 is 0 Å². The second-order valence-corrected chi connectivity index (χ2v) is 7.00. The van der Waals surface area contributed by atoms with E-state index in [1.807, 2.05) is 0 Å². The molecule has 0 unspecified atom stereocenters. The van der Waals surface area contributed by atoms with Gasteiger partial charge in [0.05, 0.1) is 15.3 Å². The topological polar surface area (TPSA) is 129 Å². The Balaban J connectivity index is 2.16. The molecule has 0 fully saturated rings. The molecule has 1 heterocycles. The van der Waals surface area contributed by atoms with Crippen molar-refractivity contribution < 1.29 is 13.6 Å². The fraction of sp³-hybridized carbons (Fsp3) is 0. The molecule has 0 aliphatic heterocycles. The van der Waals surface area contributed by atoms with Crippen LogP contribution in [0.4, 0.5) is 5.82 Å². The number of benzene rings is 2. The number of pyridine rings is 1. The Kier molecular flexibility index (Phi) is 3.92. The number of hydrogen-bond donors (Lipinski definition) is 4. The lowest BCUT2D eigenvalue weighted by Crippen LogP contribution is -2.18. The second kappa shape index (κ2) is 5.91. The van der Waals surface area contributed by atoms with Crippen molar-refractivity contribution in [2.24, 2.45) is 0 Å². The van der Waals surface area contributed by atoms with E-state index in [1.54, 1.807) is 29.7 Å². The van der Waals surface area contributed by atoms with Crippen molar-refractivity contribution in [3.63, 3.8) is 0 Å². The first-order valence-corrected chi connectivity index (χ1v) is 8.41. The number of nitrogens with two attached hydrogens (primary N) is 1. The average Bonchev–Trinajstić information content (AvgIpc) is 2.60. The fourth-order valence-corrected chi connectivity index (χ4v) is 3.86. The highest BCUT2D eigenvalue weighted by Crippen LogP contribution is 2.29. The number of anilines is 1. The molecule has 24 heavy (non-hydrogen) atoms. The number of nitrogens with one attached hydrogen (secondary N) is 2. The van der Waals surface area contributed by atoms with Crippen LogP contribution in [0.2, 0.25) is 0 Å². The average molecular weight is 342 g/mol.